The smallest absolute Gasteiger partial charge is 0.300 e. The van der Waals surface area contributed by atoms with Gasteiger partial charge in [-0.05, 0) is 0 Å². The van der Waals surface area contributed by atoms with E-state index in [0.29, 0.717) is 0 Å². The first kappa shape index (κ1) is 91.2. The fraction of sp³-hybridized carbons (Fsp3) is 0.500. The van der Waals surface area contributed by atoms with Gasteiger partial charge in [-0.3, -0.25) is 9.59 Å². The van der Waals surface area contributed by atoms with E-state index in [2.05, 4.69) is 0 Å². The van der Waals surface area contributed by atoms with Crippen LogP contribution in [0.4, 0.5) is 0 Å². The van der Waals surface area contributed by atoms with Gasteiger partial charge in [0.05, 0.1) is 0 Å². The second-order valence-electron chi connectivity index (χ2n) is 1.04. The maximum absolute atomic E-state index is 9.00. The van der Waals surface area contributed by atoms with E-state index in [0.717, 1.165) is 13.8 Å². The fourth-order valence-corrected chi connectivity index (χ4v) is 0. The summed E-state index contributed by atoms with van der Waals surface area (Å²) < 4.78 is 0. The van der Waals surface area contributed by atoms with Crippen molar-refractivity contribution >= 4 is 11.9 Å². The van der Waals surface area contributed by atoms with Gasteiger partial charge in [0.15, 0.2) is 0 Å². The van der Waals surface area contributed by atoms with Gasteiger partial charge in [-0.15, -0.1) is 0 Å². The molecule has 0 aliphatic rings. The molecule has 0 fully saturated rings. The Hall–Kier alpha value is -0.781. The van der Waals surface area contributed by atoms with Gasteiger partial charge in [-0.25, -0.2) is 0 Å². The fourth-order valence-electron chi connectivity index (χ4n) is 0. The number of carboxylic acids is 2. The van der Waals surface area contributed by atoms with Crippen LogP contribution in [0.15, 0.2) is 0 Å². The second-order valence-corrected chi connectivity index (χ2v) is 1.04. The Bertz CT molecular complexity index is 75.4. The van der Waals surface area contributed by atoms with Gasteiger partial charge in [-0.2, -0.15) is 0 Å². The van der Waals surface area contributed by atoms with Crippen molar-refractivity contribution in [2.75, 3.05) is 0 Å². The molecule has 0 bridgehead atoms. The molecule has 11 heteroatoms. The van der Waals surface area contributed by atoms with Crippen LogP contribution in [-0.4, -0.2) is 55.0 Å². The molecule has 0 atom stereocenters. The Morgan fingerprint density at radius 3 is 0.667 bits per heavy atom. The maximum atomic E-state index is 9.00. The van der Waals surface area contributed by atoms with Crippen LogP contribution in [0.5, 0.6) is 0 Å². The summed E-state index contributed by atoms with van der Waals surface area (Å²) in [4.78, 5) is 18.0. The average molecular weight is 283 g/mol. The van der Waals surface area contributed by atoms with Crippen LogP contribution >= 0.6 is 0 Å². The maximum Gasteiger partial charge on any atom is 0.300 e. The molecule has 0 aromatic rings. The van der Waals surface area contributed by atoms with Gasteiger partial charge >= 0.3 is 0 Å². The molecule has 0 aromatic heterocycles. The Balaban J connectivity index is -0.00000000468. The van der Waals surface area contributed by atoms with Gasteiger partial charge in [0, 0.05) is 30.9 Å². The minimum absolute atomic E-state index is 0. The van der Waals surface area contributed by atoms with Gasteiger partial charge in [0.1, 0.15) is 0 Å². The Kier molecular flexibility index (Phi) is 441. The van der Waals surface area contributed by atoms with Crippen LogP contribution in [0.25, 0.3) is 0 Å². The van der Waals surface area contributed by atoms with E-state index in [1.165, 1.54) is 0 Å². The number of hydrogen-bond donors (Lipinski definition) is 2. The van der Waals surface area contributed by atoms with Gasteiger partial charge in [0.2, 0.25) is 0 Å². The topological polar surface area (TPSA) is 264 Å². The Morgan fingerprint density at radius 2 is 0.667 bits per heavy atom. The summed E-state index contributed by atoms with van der Waals surface area (Å²) >= 11 is 0. The molecule has 0 aliphatic heterocycles. The van der Waals surface area contributed by atoms with Gasteiger partial charge in [-0.1, -0.05) is 0 Å². The number of hydrogen-bond acceptors (Lipinski definition) is 2. The zero-order valence-electron chi connectivity index (χ0n) is 8.09. The SMILES string of the molecule is CC(=O)O.CC(=O)O.O.O.O.O.O.O.[Mn]. The molecule has 0 saturated heterocycles. The first-order chi connectivity index (χ1) is 3.46. The van der Waals surface area contributed by atoms with Crippen LogP contribution < -0.4 is 0 Å². The Morgan fingerprint density at radius 1 is 0.667 bits per heavy atom. The summed E-state index contributed by atoms with van der Waals surface area (Å²) in [6.07, 6.45) is 0. The monoisotopic (exact) mass is 283 g/mol. The van der Waals surface area contributed by atoms with E-state index in [4.69, 9.17) is 19.8 Å². The van der Waals surface area contributed by atoms with Crippen molar-refractivity contribution in [1.29, 1.82) is 0 Å². The number of aliphatic carboxylic acids is 2. The van der Waals surface area contributed by atoms with Crippen LogP contribution in [0.3, 0.4) is 0 Å². The van der Waals surface area contributed by atoms with E-state index >= 15 is 0 Å². The molecule has 0 rings (SSSR count). The van der Waals surface area contributed by atoms with Crippen molar-refractivity contribution in [3.8, 4) is 0 Å². The number of carbonyl (C=O) groups is 2. The second kappa shape index (κ2) is 72.5. The Labute approximate surface area is 96.2 Å². The van der Waals surface area contributed by atoms with Crippen molar-refractivity contribution < 1.29 is 69.7 Å². The van der Waals surface area contributed by atoms with Crippen LogP contribution in [0, 0.1) is 0 Å². The third-order valence-corrected chi connectivity index (χ3v) is 0. The van der Waals surface area contributed by atoms with E-state index < -0.39 is 11.9 Å². The molecule has 103 valence electrons. The summed E-state index contributed by atoms with van der Waals surface area (Å²) in [5.41, 5.74) is 0. The standard InChI is InChI=1S/2C2H4O2.Mn.6H2O/c2*1-2(3)4;;;;;;;/h2*1H3,(H,3,4);;6*1H2. The molecule has 0 unspecified atom stereocenters. The normalized spacial score (nSPS) is 3.33. The summed E-state index contributed by atoms with van der Waals surface area (Å²) in [5, 5.41) is 14.8. The summed E-state index contributed by atoms with van der Waals surface area (Å²) in [6.45, 7) is 2.17. The predicted octanol–water partition coefficient (Wildman–Crippen LogP) is -4.77. The van der Waals surface area contributed by atoms with Crippen molar-refractivity contribution in [2.24, 2.45) is 0 Å². The molecule has 0 heterocycles. The molecule has 0 spiro atoms. The molecule has 0 aromatic carbocycles. The molecular formula is C4H20MnO10. The predicted molar refractivity (Wildman–Crippen MR) is 48.3 cm³/mol. The van der Waals surface area contributed by atoms with E-state index in [9.17, 15) is 0 Å². The molecule has 1 radical (unpaired) electrons. The third kappa shape index (κ3) is 2730. The largest absolute Gasteiger partial charge is 0.481 e. The number of rotatable bonds is 0. The third-order valence-electron chi connectivity index (χ3n) is 0. The van der Waals surface area contributed by atoms with Gasteiger partial charge in [0.25, 0.3) is 11.9 Å². The minimum atomic E-state index is -0.833. The minimum Gasteiger partial charge on any atom is -0.481 e. The summed E-state index contributed by atoms with van der Waals surface area (Å²) in [5.74, 6) is -1.67. The van der Waals surface area contributed by atoms with E-state index in [1.54, 1.807) is 0 Å². The quantitative estimate of drug-likeness (QED) is 0.414. The first-order valence-electron chi connectivity index (χ1n) is 1.86. The average Bonchev–Trinajstić information content (AvgIpc) is 1.25. The van der Waals surface area contributed by atoms with Crippen LogP contribution in [-0.2, 0) is 26.7 Å². The first-order valence-corrected chi connectivity index (χ1v) is 1.86. The van der Waals surface area contributed by atoms with Crippen molar-refractivity contribution in [2.45, 2.75) is 13.8 Å². The van der Waals surface area contributed by atoms with E-state index in [1.807, 2.05) is 0 Å². The van der Waals surface area contributed by atoms with Crippen molar-refractivity contribution in [1.82, 2.24) is 0 Å². The molecule has 0 saturated carbocycles. The number of carboxylic acid groups (broad SMARTS) is 2. The molecular weight excluding hydrogens is 263 g/mol. The molecule has 14 N–H and O–H groups in total. The molecule has 0 amide bonds. The van der Waals surface area contributed by atoms with Crippen LogP contribution in [0.1, 0.15) is 13.8 Å². The van der Waals surface area contributed by atoms with E-state index in [-0.39, 0.29) is 49.9 Å². The molecule has 10 nitrogen and oxygen atoms in total. The summed E-state index contributed by atoms with van der Waals surface area (Å²) in [7, 11) is 0. The van der Waals surface area contributed by atoms with Gasteiger partial charge < -0.3 is 43.1 Å². The van der Waals surface area contributed by atoms with Crippen molar-refractivity contribution in [3.63, 3.8) is 0 Å². The molecule has 0 aliphatic carbocycles. The zero-order chi connectivity index (χ0) is 7.15. The summed E-state index contributed by atoms with van der Waals surface area (Å²) in [6, 6.07) is 0. The van der Waals surface area contributed by atoms with Crippen molar-refractivity contribution in [3.05, 3.63) is 0 Å². The zero-order valence-corrected chi connectivity index (χ0v) is 9.27. The molecule has 15 heavy (non-hydrogen) atoms. The van der Waals surface area contributed by atoms with Crippen LogP contribution in [0.2, 0.25) is 0 Å².